The van der Waals surface area contributed by atoms with Gasteiger partial charge in [-0.3, -0.25) is 4.79 Å². The molecule has 0 fully saturated rings. The number of hydrogen-bond donors (Lipinski definition) is 0. The van der Waals surface area contributed by atoms with Gasteiger partial charge >= 0.3 is 0 Å². The largest absolute Gasteiger partial charge is 0.482 e. The normalized spacial score (nSPS) is 13.3. The molecule has 1 amide bonds. The predicted octanol–water partition coefficient (Wildman–Crippen LogP) is 5.23. The van der Waals surface area contributed by atoms with Crippen molar-refractivity contribution in [3.8, 4) is 17.0 Å². The maximum absolute atomic E-state index is 12.6. The Morgan fingerprint density at radius 2 is 2.07 bits per heavy atom. The van der Waals surface area contributed by atoms with Crippen LogP contribution in [0, 0.1) is 0 Å². The van der Waals surface area contributed by atoms with Gasteiger partial charge in [0.2, 0.25) is 0 Å². The second-order valence-corrected chi connectivity index (χ2v) is 8.33. The SMILES string of the molecule is COCCc1nc(-c2ccc3c(c2)N(Cc2ccc(Cl)c(Cl)c2)C(=O)CO3)cs1. The van der Waals surface area contributed by atoms with Crippen LogP contribution in [0.5, 0.6) is 5.75 Å². The number of amides is 1. The van der Waals surface area contributed by atoms with Crippen molar-refractivity contribution >= 4 is 46.1 Å². The van der Waals surface area contributed by atoms with Gasteiger partial charge in [0.15, 0.2) is 6.61 Å². The average molecular weight is 449 g/mol. The summed E-state index contributed by atoms with van der Waals surface area (Å²) in [6, 6.07) is 11.2. The highest BCUT2D eigenvalue weighted by molar-refractivity contribution is 7.09. The van der Waals surface area contributed by atoms with E-state index in [1.165, 1.54) is 0 Å². The van der Waals surface area contributed by atoms with Crippen LogP contribution in [0.25, 0.3) is 11.3 Å². The van der Waals surface area contributed by atoms with Crippen LogP contribution in [0.3, 0.4) is 0 Å². The standard InChI is InChI=1S/C21H18Cl2N2O3S/c1-27-7-6-20-24-17(12-29-20)14-3-5-19-18(9-14)25(21(26)11-28-19)10-13-2-4-15(22)16(23)8-13/h2-5,8-9,12H,6-7,10-11H2,1H3. The Hall–Kier alpha value is -2.12. The fraction of sp³-hybridized carbons (Fsp3) is 0.238. The quantitative estimate of drug-likeness (QED) is 0.517. The van der Waals surface area contributed by atoms with E-state index in [0.29, 0.717) is 28.9 Å². The van der Waals surface area contributed by atoms with Gasteiger partial charge < -0.3 is 14.4 Å². The Balaban J connectivity index is 1.64. The summed E-state index contributed by atoms with van der Waals surface area (Å²) in [6.07, 6.45) is 0.775. The molecule has 8 heteroatoms. The average Bonchev–Trinajstić information content (AvgIpc) is 3.20. The number of fused-ring (bicyclic) bond motifs is 1. The maximum Gasteiger partial charge on any atom is 0.265 e. The Kier molecular flexibility index (Phi) is 6.06. The van der Waals surface area contributed by atoms with Crippen molar-refractivity contribution in [1.29, 1.82) is 0 Å². The summed E-state index contributed by atoms with van der Waals surface area (Å²) < 4.78 is 10.7. The lowest BCUT2D eigenvalue weighted by atomic mass is 10.1. The summed E-state index contributed by atoms with van der Waals surface area (Å²) in [7, 11) is 1.68. The zero-order chi connectivity index (χ0) is 20.4. The molecular formula is C21H18Cl2N2O3S. The molecule has 4 rings (SSSR count). The molecule has 150 valence electrons. The zero-order valence-electron chi connectivity index (χ0n) is 15.7. The maximum atomic E-state index is 12.6. The number of anilines is 1. The number of carbonyl (C=O) groups excluding carboxylic acids is 1. The van der Waals surface area contributed by atoms with E-state index in [0.717, 1.165) is 33.9 Å². The van der Waals surface area contributed by atoms with E-state index in [4.69, 9.17) is 32.7 Å². The highest BCUT2D eigenvalue weighted by atomic mass is 35.5. The predicted molar refractivity (Wildman–Crippen MR) is 116 cm³/mol. The molecule has 0 spiro atoms. The van der Waals surface area contributed by atoms with Crippen molar-refractivity contribution in [2.75, 3.05) is 25.2 Å². The second kappa shape index (κ2) is 8.71. The summed E-state index contributed by atoms with van der Waals surface area (Å²) >= 11 is 13.7. The van der Waals surface area contributed by atoms with E-state index < -0.39 is 0 Å². The topological polar surface area (TPSA) is 51.7 Å². The Morgan fingerprint density at radius 1 is 1.21 bits per heavy atom. The summed E-state index contributed by atoms with van der Waals surface area (Å²) in [5.41, 5.74) is 3.41. The van der Waals surface area contributed by atoms with Gasteiger partial charge in [0.25, 0.3) is 5.91 Å². The van der Waals surface area contributed by atoms with Gasteiger partial charge in [-0.25, -0.2) is 4.98 Å². The number of hydrogen-bond acceptors (Lipinski definition) is 5. The van der Waals surface area contributed by atoms with Gasteiger partial charge in [0.1, 0.15) is 5.75 Å². The van der Waals surface area contributed by atoms with Crippen molar-refractivity contribution in [2.24, 2.45) is 0 Å². The zero-order valence-corrected chi connectivity index (χ0v) is 18.0. The van der Waals surface area contributed by atoms with Gasteiger partial charge in [-0.1, -0.05) is 29.3 Å². The molecule has 0 N–H and O–H groups in total. The minimum atomic E-state index is -0.111. The first kappa shape index (κ1) is 20.2. The molecule has 1 aliphatic rings. The first-order valence-corrected chi connectivity index (χ1v) is 10.6. The molecule has 0 atom stereocenters. The lowest BCUT2D eigenvalue weighted by Gasteiger charge is -2.30. The van der Waals surface area contributed by atoms with E-state index in [2.05, 4.69) is 4.98 Å². The van der Waals surface area contributed by atoms with Gasteiger partial charge in [-0.15, -0.1) is 11.3 Å². The molecule has 29 heavy (non-hydrogen) atoms. The summed E-state index contributed by atoms with van der Waals surface area (Å²) in [4.78, 5) is 19.0. The fourth-order valence-corrected chi connectivity index (χ4v) is 4.21. The van der Waals surface area contributed by atoms with Crippen LogP contribution in [0.1, 0.15) is 10.6 Å². The van der Waals surface area contributed by atoms with Crippen LogP contribution >= 0.6 is 34.5 Å². The number of ether oxygens (including phenoxy) is 2. The third kappa shape index (κ3) is 4.41. The van der Waals surface area contributed by atoms with E-state index in [1.807, 2.05) is 29.6 Å². The number of carbonyl (C=O) groups is 1. The molecule has 1 aromatic heterocycles. The van der Waals surface area contributed by atoms with Crippen molar-refractivity contribution in [2.45, 2.75) is 13.0 Å². The molecule has 3 aromatic rings. The van der Waals surface area contributed by atoms with Gasteiger partial charge in [0, 0.05) is 24.5 Å². The molecule has 0 unspecified atom stereocenters. The minimum Gasteiger partial charge on any atom is -0.482 e. The summed E-state index contributed by atoms with van der Waals surface area (Å²) in [5.74, 6) is 0.558. The molecule has 0 radical (unpaired) electrons. The van der Waals surface area contributed by atoms with Crippen LogP contribution in [0.4, 0.5) is 5.69 Å². The van der Waals surface area contributed by atoms with Crippen LogP contribution < -0.4 is 9.64 Å². The number of nitrogens with zero attached hydrogens (tertiary/aromatic N) is 2. The van der Waals surface area contributed by atoms with E-state index in [1.54, 1.807) is 35.5 Å². The third-order valence-electron chi connectivity index (χ3n) is 4.59. The lowest BCUT2D eigenvalue weighted by molar-refractivity contribution is -0.121. The first-order valence-electron chi connectivity index (χ1n) is 9.00. The van der Waals surface area contributed by atoms with E-state index >= 15 is 0 Å². The van der Waals surface area contributed by atoms with Crippen molar-refractivity contribution < 1.29 is 14.3 Å². The number of rotatable bonds is 6. The Bertz CT molecular complexity index is 1050. The van der Waals surface area contributed by atoms with E-state index in [9.17, 15) is 4.79 Å². The molecule has 2 heterocycles. The lowest BCUT2D eigenvalue weighted by Crippen LogP contribution is -2.38. The van der Waals surface area contributed by atoms with Gasteiger partial charge in [-0.05, 0) is 35.9 Å². The van der Waals surface area contributed by atoms with Crippen LogP contribution in [0.2, 0.25) is 10.0 Å². The molecule has 1 aliphatic heterocycles. The van der Waals surface area contributed by atoms with Crippen LogP contribution in [0.15, 0.2) is 41.8 Å². The fourth-order valence-electron chi connectivity index (χ4n) is 3.10. The number of aromatic nitrogens is 1. The van der Waals surface area contributed by atoms with Crippen LogP contribution in [-0.2, 0) is 22.5 Å². The molecule has 0 aliphatic carbocycles. The van der Waals surface area contributed by atoms with Crippen molar-refractivity contribution in [3.63, 3.8) is 0 Å². The molecule has 5 nitrogen and oxygen atoms in total. The number of benzene rings is 2. The number of halogens is 2. The molecule has 0 saturated carbocycles. The molecule has 2 aromatic carbocycles. The summed E-state index contributed by atoms with van der Waals surface area (Å²) in [6.45, 7) is 1.02. The molecule has 0 saturated heterocycles. The number of methoxy groups -OCH3 is 1. The Morgan fingerprint density at radius 3 is 2.86 bits per heavy atom. The van der Waals surface area contributed by atoms with E-state index in [-0.39, 0.29) is 12.5 Å². The molecular weight excluding hydrogens is 431 g/mol. The Labute approximate surface area is 182 Å². The molecule has 0 bridgehead atoms. The third-order valence-corrected chi connectivity index (χ3v) is 6.24. The second-order valence-electron chi connectivity index (χ2n) is 6.57. The monoisotopic (exact) mass is 448 g/mol. The highest BCUT2D eigenvalue weighted by Crippen LogP contribution is 2.37. The summed E-state index contributed by atoms with van der Waals surface area (Å²) in [5, 5.41) is 3.98. The van der Waals surface area contributed by atoms with Gasteiger partial charge in [-0.2, -0.15) is 0 Å². The number of thiazole rings is 1. The van der Waals surface area contributed by atoms with Crippen LogP contribution in [-0.4, -0.2) is 31.2 Å². The smallest absolute Gasteiger partial charge is 0.265 e. The van der Waals surface area contributed by atoms with Crippen molar-refractivity contribution in [3.05, 3.63) is 62.4 Å². The first-order chi connectivity index (χ1) is 14.0. The van der Waals surface area contributed by atoms with Gasteiger partial charge in [0.05, 0.1) is 39.6 Å². The van der Waals surface area contributed by atoms with Crippen molar-refractivity contribution in [1.82, 2.24) is 4.98 Å². The highest BCUT2D eigenvalue weighted by Gasteiger charge is 2.26. The minimum absolute atomic E-state index is 0.00549.